The van der Waals surface area contributed by atoms with Crippen molar-refractivity contribution in [1.82, 2.24) is 4.98 Å². The zero-order valence-electron chi connectivity index (χ0n) is 16.4. The third-order valence-electron chi connectivity index (χ3n) is 5.02. The van der Waals surface area contributed by atoms with Gasteiger partial charge in [-0.1, -0.05) is 60.7 Å². The molecule has 1 aromatic heterocycles. The van der Waals surface area contributed by atoms with Crippen molar-refractivity contribution in [1.29, 1.82) is 0 Å². The van der Waals surface area contributed by atoms with Gasteiger partial charge in [0.25, 0.3) is 0 Å². The van der Waals surface area contributed by atoms with E-state index in [1.165, 1.54) is 0 Å². The molecule has 2 N–H and O–H groups in total. The van der Waals surface area contributed by atoms with Gasteiger partial charge in [0.15, 0.2) is 0 Å². The molecule has 0 unspecified atom stereocenters. The number of hydrogen-bond acceptors (Lipinski definition) is 3. The minimum absolute atomic E-state index is 0.190. The quantitative estimate of drug-likeness (QED) is 0.567. The van der Waals surface area contributed by atoms with Crippen LogP contribution >= 0.6 is 0 Å². The van der Waals surface area contributed by atoms with Gasteiger partial charge in [-0.3, -0.25) is 14.6 Å². The number of pyridine rings is 1. The second kappa shape index (κ2) is 8.57. The normalized spacial score (nSPS) is 12.3. The molecular formula is C25H21N3O2. The van der Waals surface area contributed by atoms with E-state index in [1.54, 1.807) is 24.4 Å². The monoisotopic (exact) mass is 395 g/mol. The van der Waals surface area contributed by atoms with Crippen LogP contribution in [0.2, 0.25) is 0 Å². The first-order chi connectivity index (χ1) is 14.6. The largest absolute Gasteiger partial charge is 0.366 e. The van der Waals surface area contributed by atoms with Gasteiger partial charge < -0.3 is 10.6 Å². The maximum absolute atomic E-state index is 12.0. The van der Waals surface area contributed by atoms with Crippen molar-refractivity contribution in [3.8, 4) is 0 Å². The first kappa shape index (κ1) is 19.3. The summed E-state index contributed by atoms with van der Waals surface area (Å²) < 4.78 is 0. The van der Waals surface area contributed by atoms with Crippen LogP contribution in [0.3, 0.4) is 0 Å². The molecule has 5 rings (SSSR count). The summed E-state index contributed by atoms with van der Waals surface area (Å²) in [6.07, 6.45) is 2.22. The number of carbonyl (C=O) groups excluding carboxylic acids is 2. The number of hydrogen-bond donors (Lipinski definition) is 1. The molecule has 30 heavy (non-hydrogen) atoms. The van der Waals surface area contributed by atoms with Crippen LogP contribution < -0.4 is 10.6 Å². The highest BCUT2D eigenvalue weighted by Crippen LogP contribution is 2.29. The van der Waals surface area contributed by atoms with E-state index in [-0.39, 0.29) is 5.91 Å². The lowest BCUT2D eigenvalue weighted by Crippen LogP contribution is -2.25. The Bertz CT molecular complexity index is 1200. The lowest BCUT2D eigenvalue weighted by Gasteiger charge is -2.17. The standard InChI is InChI=1S/C15H13NO.C10H8N2O/c17-15-10-13-8-4-5-9-14(13)16(15)11-12-6-2-1-3-7-12;11-10(13)8-3-1-5-9-7(8)4-2-6-12-9/h1-9H,10-11H2;1-6H,(H2,11,13). The molecule has 0 spiro atoms. The lowest BCUT2D eigenvalue weighted by atomic mass is 10.1. The molecule has 0 radical (unpaired) electrons. The molecule has 5 heteroatoms. The van der Waals surface area contributed by atoms with Gasteiger partial charge in [0.1, 0.15) is 0 Å². The summed E-state index contributed by atoms with van der Waals surface area (Å²) >= 11 is 0. The zero-order chi connectivity index (χ0) is 20.9. The molecule has 1 aliphatic rings. The third kappa shape index (κ3) is 4.05. The fourth-order valence-electron chi connectivity index (χ4n) is 3.57. The predicted octanol–water partition coefficient (Wildman–Crippen LogP) is 4.11. The minimum atomic E-state index is -0.418. The number of nitrogens with two attached hydrogens (primary N) is 1. The van der Waals surface area contributed by atoms with Gasteiger partial charge in [-0.05, 0) is 35.4 Å². The summed E-state index contributed by atoms with van der Waals surface area (Å²) in [5, 5.41) is 0.803. The summed E-state index contributed by atoms with van der Waals surface area (Å²) in [4.78, 5) is 29.0. The van der Waals surface area contributed by atoms with Gasteiger partial charge in [-0.15, -0.1) is 0 Å². The number of para-hydroxylation sites is 1. The SMILES string of the molecule is NC(=O)c1cccc2ncccc12.O=C1Cc2ccccc2N1Cc1ccccc1. The van der Waals surface area contributed by atoms with Gasteiger partial charge in [-0.25, -0.2) is 0 Å². The van der Waals surface area contributed by atoms with Crippen LogP contribution in [0.15, 0.2) is 91.1 Å². The highest BCUT2D eigenvalue weighted by atomic mass is 16.2. The van der Waals surface area contributed by atoms with E-state index >= 15 is 0 Å². The van der Waals surface area contributed by atoms with Gasteiger partial charge in [0, 0.05) is 22.8 Å². The Hall–Kier alpha value is -3.99. The van der Waals surface area contributed by atoms with Crippen LogP contribution in [0, 0.1) is 0 Å². The maximum Gasteiger partial charge on any atom is 0.249 e. The summed E-state index contributed by atoms with van der Waals surface area (Å²) in [7, 11) is 0. The summed E-state index contributed by atoms with van der Waals surface area (Å²) in [6.45, 7) is 0.663. The molecule has 2 amide bonds. The summed E-state index contributed by atoms with van der Waals surface area (Å²) in [5.41, 5.74) is 9.88. The van der Waals surface area contributed by atoms with E-state index in [1.807, 2.05) is 71.6 Å². The summed E-state index contributed by atoms with van der Waals surface area (Å²) in [5.74, 6) is -0.228. The highest BCUT2D eigenvalue weighted by molar-refractivity contribution is 6.05. The second-order valence-corrected chi connectivity index (χ2v) is 7.01. The van der Waals surface area contributed by atoms with Gasteiger partial charge >= 0.3 is 0 Å². The van der Waals surface area contributed by atoms with E-state index < -0.39 is 5.91 Å². The Morgan fingerprint density at radius 1 is 0.900 bits per heavy atom. The van der Waals surface area contributed by atoms with Gasteiger partial charge in [0.2, 0.25) is 11.8 Å². The van der Waals surface area contributed by atoms with Crippen molar-refractivity contribution in [2.24, 2.45) is 5.73 Å². The van der Waals surface area contributed by atoms with Gasteiger partial charge in [0.05, 0.1) is 18.5 Å². The first-order valence-electron chi connectivity index (χ1n) is 9.69. The van der Waals surface area contributed by atoms with E-state index in [2.05, 4.69) is 4.98 Å². The molecule has 0 saturated heterocycles. The van der Waals surface area contributed by atoms with Crippen LogP contribution in [0.1, 0.15) is 21.5 Å². The molecule has 0 fully saturated rings. The average Bonchev–Trinajstić information content (AvgIpc) is 3.09. The average molecular weight is 395 g/mol. The van der Waals surface area contributed by atoms with Crippen molar-refractivity contribution in [2.45, 2.75) is 13.0 Å². The Morgan fingerprint density at radius 2 is 1.67 bits per heavy atom. The molecule has 0 bridgehead atoms. The van der Waals surface area contributed by atoms with Crippen LogP contribution in [-0.4, -0.2) is 16.8 Å². The topological polar surface area (TPSA) is 76.3 Å². The first-order valence-corrected chi connectivity index (χ1v) is 9.69. The van der Waals surface area contributed by atoms with E-state index in [0.717, 1.165) is 27.7 Å². The number of nitrogens with zero attached hydrogens (tertiary/aromatic N) is 2. The number of aromatic nitrogens is 1. The molecule has 4 aromatic rings. The number of fused-ring (bicyclic) bond motifs is 2. The zero-order valence-corrected chi connectivity index (χ0v) is 16.4. The number of amides is 2. The second-order valence-electron chi connectivity index (χ2n) is 7.01. The molecule has 1 aliphatic heterocycles. The fourth-order valence-corrected chi connectivity index (χ4v) is 3.57. The van der Waals surface area contributed by atoms with Gasteiger partial charge in [-0.2, -0.15) is 0 Å². The van der Waals surface area contributed by atoms with E-state index in [4.69, 9.17) is 5.73 Å². The maximum atomic E-state index is 12.0. The Balaban J connectivity index is 0.000000151. The minimum Gasteiger partial charge on any atom is -0.366 e. The Morgan fingerprint density at radius 3 is 2.47 bits per heavy atom. The van der Waals surface area contributed by atoms with Crippen LogP contribution in [0.25, 0.3) is 10.9 Å². The molecular weight excluding hydrogens is 374 g/mol. The van der Waals surface area contributed by atoms with E-state index in [9.17, 15) is 9.59 Å². The number of rotatable bonds is 3. The van der Waals surface area contributed by atoms with Crippen molar-refractivity contribution in [3.05, 3.63) is 108 Å². The third-order valence-corrected chi connectivity index (χ3v) is 5.02. The van der Waals surface area contributed by atoms with E-state index in [0.29, 0.717) is 18.5 Å². The van der Waals surface area contributed by atoms with Crippen molar-refractivity contribution in [3.63, 3.8) is 0 Å². The number of anilines is 1. The summed E-state index contributed by atoms with van der Waals surface area (Å²) in [6, 6.07) is 27.0. The van der Waals surface area contributed by atoms with Crippen LogP contribution in [-0.2, 0) is 17.8 Å². The van der Waals surface area contributed by atoms with Crippen LogP contribution in [0.5, 0.6) is 0 Å². The lowest BCUT2D eigenvalue weighted by molar-refractivity contribution is -0.117. The molecule has 5 nitrogen and oxygen atoms in total. The molecule has 148 valence electrons. The molecule has 2 heterocycles. The Kier molecular flexibility index (Phi) is 5.52. The molecule has 0 aliphatic carbocycles. The number of carbonyl (C=O) groups is 2. The fraction of sp³-hybridized carbons (Fsp3) is 0.0800. The van der Waals surface area contributed by atoms with Crippen molar-refractivity contribution in [2.75, 3.05) is 4.90 Å². The van der Waals surface area contributed by atoms with Crippen molar-refractivity contribution >= 4 is 28.4 Å². The van der Waals surface area contributed by atoms with Crippen molar-refractivity contribution < 1.29 is 9.59 Å². The molecule has 0 saturated carbocycles. The molecule has 0 atom stereocenters. The Labute approximate surface area is 174 Å². The highest BCUT2D eigenvalue weighted by Gasteiger charge is 2.26. The molecule has 3 aromatic carbocycles. The number of benzene rings is 3. The number of primary amides is 1. The van der Waals surface area contributed by atoms with Crippen LogP contribution in [0.4, 0.5) is 5.69 Å². The smallest absolute Gasteiger partial charge is 0.249 e. The predicted molar refractivity (Wildman–Crippen MR) is 118 cm³/mol.